The monoisotopic (exact) mass is 340 g/mol. The molecule has 134 valence electrons. The molecule has 1 aromatic heterocycles. The third-order valence-corrected chi connectivity index (χ3v) is 3.99. The Kier molecular flexibility index (Phi) is 6.51. The second-order valence-electron chi connectivity index (χ2n) is 7.20. The minimum Gasteiger partial charge on any atom is -0.370 e. The maximum Gasteiger partial charge on any atom is 0.274 e. The molecule has 1 heterocycles. The molecule has 2 rings (SSSR count). The zero-order chi connectivity index (χ0) is 18.3. The Morgan fingerprint density at radius 2 is 1.80 bits per heavy atom. The molecule has 0 spiro atoms. The lowest BCUT2D eigenvalue weighted by Crippen LogP contribution is -2.15. The van der Waals surface area contributed by atoms with Crippen LogP contribution in [0.1, 0.15) is 63.0 Å². The van der Waals surface area contributed by atoms with Gasteiger partial charge in [0, 0.05) is 18.3 Å². The summed E-state index contributed by atoms with van der Waals surface area (Å²) in [5, 5.41) is 6.12. The summed E-state index contributed by atoms with van der Waals surface area (Å²) in [5.74, 6) is 0.446. The average Bonchev–Trinajstić information content (AvgIpc) is 2.59. The molecule has 0 aliphatic rings. The maximum absolute atomic E-state index is 12.4. The van der Waals surface area contributed by atoms with Gasteiger partial charge in [0.1, 0.15) is 17.8 Å². The molecule has 1 aromatic carbocycles. The molecule has 0 aliphatic heterocycles. The minimum absolute atomic E-state index is 0.0908. The van der Waals surface area contributed by atoms with Crippen LogP contribution in [0.2, 0.25) is 0 Å². The van der Waals surface area contributed by atoms with E-state index >= 15 is 0 Å². The number of carbonyl (C=O) groups excluding carboxylic acids is 1. The van der Waals surface area contributed by atoms with Gasteiger partial charge in [0.25, 0.3) is 5.91 Å². The molecule has 0 atom stereocenters. The van der Waals surface area contributed by atoms with Gasteiger partial charge in [-0.15, -0.1) is 0 Å². The minimum atomic E-state index is -0.234. The number of aromatic nitrogens is 2. The van der Waals surface area contributed by atoms with Crippen molar-refractivity contribution in [2.45, 2.75) is 52.4 Å². The molecule has 5 heteroatoms. The number of benzene rings is 1. The first-order valence-electron chi connectivity index (χ1n) is 8.88. The lowest BCUT2D eigenvalue weighted by atomic mass is 9.87. The fourth-order valence-corrected chi connectivity index (χ4v) is 2.42. The van der Waals surface area contributed by atoms with E-state index in [4.69, 9.17) is 0 Å². The Morgan fingerprint density at radius 1 is 1.08 bits per heavy atom. The first-order chi connectivity index (χ1) is 11.9. The Bertz CT molecular complexity index is 690. The van der Waals surface area contributed by atoms with E-state index in [9.17, 15) is 4.79 Å². The average molecular weight is 340 g/mol. The van der Waals surface area contributed by atoms with E-state index in [1.54, 1.807) is 6.07 Å². The molecule has 0 bridgehead atoms. The molecule has 0 aliphatic carbocycles. The number of rotatable bonds is 7. The smallest absolute Gasteiger partial charge is 0.274 e. The molecule has 0 saturated carbocycles. The van der Waals surface area contributed by atoms with E-state index in [0.717, 1.165) is 18.7 Å². The van der Waals surface area contributed by atoms with Crippen LogP contribution < -0.4 is 10.6 Å². The molecule has 0 radical (unpaired) electrons. The van der Waals surface area contributed by atoms with Crippen molar-refractivity contribution in [2.24, 2.45) is 0 Å². The Balaban J connectivity index is 1.98. The van der Waals surface area contributed by atoms with Gasteiger partial charge in [-0.05, 0) is 29.5 Å². The second-order valence-corrected chi connectivity index (χ2v) is 7.20. The van der Waals surface area contributed by atoms with Gasteiger partial charge in [0.15, 0.2) is 0 Å². The van der Waals surface area contributed by atoms with Gasteiger partial charge in [-0.1, -0.05) is 52.7 Å². The van der Waals surface area contributed by atoms with Crippen molar-refractivity contribution in [2.75, 3.05) is 17.2 Å². The molecular weight excluding hydrogens is 312 g/mol. The number of unbranched alkanes of at least 4 members (excludes halogenated alkanes) is 2. The van der Waals surface area contributed by atoms with Crippen molar-refractivity contribution in [3.63, 3.8) is 0 Å². The zero-order valence-corrected chi connectivity index (χ0v) is 15.6. The number of anilines is 2. The van der Waals surface area contributed by atoms with E-state index in [-0.39, 0.29) is 11.3 Å². The second kappa shape index (κ2) is 8.60. The van der Waals surface area contributed by atoms with E-state index in [2.05, 4.69) is 48.3 Å². The first kappa shape index (κ1) is 18.9. The van der Waals surface area contributed by atoms with Crippen LogP contribution in [-0.4, -0.2) is 22.4 Å². The van der Waals surface area contributed by atoms with Crippen LogP contribution >= 0.6 is 0 Å². The molecular formula is C20H28N4O. The largest absolute Gasteiger partial charge is 0.370 e. The van der Waals surface area contributed by atoms with Crippen molar-refractivity contribution in [3.8, 4) is 0 Å². The molecule has 5 nitrogen and oxygen atoms in total. The van der Waals surface area contributed by atoms with Crippen LogP contribution in [0.4, 0.5) is 11.5 Å². The van der Waals surface area contributed by atoms with Gasteiger partial charge in [-0.3, -0.25) is 4.79 Å². The summed E-state index contributed by atoms with van der Waals surface area (Å²) >= 11 is 0. The standard InChI is InChI=1S/C20H28N4O/c1-5-6-7-12-21-18-13-17(22-14-23-18)19(25)24-16-10-8-15(9-11-16)20(2,3)4/h8-11,13-14H,5-7,12H2,1-4H3,(H,24,25)(H,21,22,23). The number of hydrogen-bond acceptors (Lipinski definition) is 4. The molecule has 2 aromatic rings. The van der Waals surface area contributed by atoms with Gasteiger partial charge >= 0.3 is 0 Å². The Morgan fingerprint density at radius 3 is 2.44 bits per heavy atom. The van der Waals surface area contributed by atoms with Gasteiger partial charge in [-0.25, -0.2) is 9.97 Å². The van der Waals surface area contributed by atoms with Crippen molar-refractivity contribution >= 4 is 17.4 Å². The lowest BCUT2D eigenvalue weighted by molar-refractivity contribution is 0.102. The predicted octanol–water partition coefficient (Wildman–Crippen LogP) is 4.63. The van der Waals surface area contributed by atoms with Crippen molar-refractivity contribution in [1.29, 1.82) is 0 Å². The summed E-state index contributed by atoms with van der Waals surface area (Å²) in [5.41, 5.74) is 2.43. The topological polar surface area (TPSA) is 66.9 Å². The van der Waals surface area contributed by atoms with Crippen LogP contribution in [0.3, 0.4) is 0 Å². The summed E-state index contributed by atoms with van der Waals surface area (Å²) in [4.78, 5) is 20.6. The Hall–Kier alpha value is -2.43. The third kappa shape index (κ3) is 5.85. The van der Waals surface area contributed by atoms with Gasteiger partial charge in [-0.2, -0.15) is 0 Å². The highest BCUT2D eigenvalue weighted by Crippen LogP contribution is 2.23. The number of hydrogen-bond donors (Lipinski definition) is 2. The molecule has 0 saturated heterocycles. The lowest BCUT2D eigenvalue weighted by Gasteiger charge is -2.19. The maximum atomic E-state index is 12.4. The van der Waals surface area contributed by atoms with Crippen molar-refractivity contribution < 1.29 is 4.79 Å². The van der Waals surface area contributed by atoms with Gasteiger partial charge in [0.2, 0.25) is 0 Å². The van der Waals surface area contributed by atoms with E-state index < -0.39 is 0 Å². The zero-order valence-electron chi connectivity index (χ0n) is 15.6. The van der Waals surface area contributed by atoms with Gasteiger partial charge < -0.3 is 10.6 Å². The molecule has 25 heavy (non-hydrogen) atoms. The fourth-order valence-electron chi connectivity index (χ4n) is 2.42. The van der Waals surface area contributed by atoms with Crippen molar-refractivity contribution in [1.82, 2.24) is 9.97 Å². The highest BCUT2D eigenvalue weighted by molar-refractivity contribution is 6.03. The number of carbonyl (C=O) groups is 1. The number of nitrogens with one attached hydrogen (secondary N) is 2. The SMILES string of the molecule is CCCCCNc1cc(C(=O)Nc2ccc(C(C)(C)C)cc2)ncn1. The highest BCUT2D eigenvalue weighted by Gasteiger charge is 2.14. The quantitative estimate of drug-likeness (QED) is 0.721. The predicted molar refractivity (Wildman–Crippen MR) is 103 cm³/mol. The fraction of sp³-hybridized carbons (Fsp3) is 0.450. The van der Waals surface area contributed by atoms with E-state index in [0.29, 0.717) is 11.5 Å². The molecule has 0 fully saturated rings. The van der Waals surface area contributed by atoms with Gasteiger partial charge in [0.05, 0.1) is 0 Å². The number of nitrogens with zero attached hydrogens (tertiary/aromatic N) is 2. The summed E-state index contributed by atoms with van der Waals surface area (Å²) in [6.07, 6.45) is 4.85. The molecule has 1 amide bonds. The molecule has 0 unspecified atom stereocenters. The summed E-state index contributed by atoms with van der Waals surface area (Å²) < 4.78 is 0. The third-order valence-electron chi connectivity index (χ3n) is 3.99. The molecule has 2 N–H and O–H groups in total. The summed E-state index contributed by atoms with van der Waals surface area (Å²) in [7, 11) is 0. The Labute approximate surface area is 150 Å². The summed E-state index contributed by atoms with van der Waals surface area (Å²) in [6, 6.07) is 9.60. The number of amides is 1. The highest BCUT2D eigenvalue weighted by atomic mass is 16.1. The van der Waals surface area contributed by atoms with E-state index in [1.165, 1.54) is 24.7 Å². The van der Waals surface area contributed by atoms with Crippen LogP contribution in [0, 0.1) is 0 Å². The van der Waals surface area contributed by atoms with E-state index in [1.807, 2.05) is 24.3 Å². The summed E-state index contributed by atoms with van der Waals surface area (Å²) in [6.45, 7) is 9.50. The van der Waals surface area contributed by atoms with Crippen molar-refractivity contribution in [3.05, 3.63) is 47.9 Å². The first-order valence-corrected chi connectivity index (χ1v) is 8.88. The normalized spacial score (nSPS) is 11.2. The van der Waals surface area contributed by atoms with Crippen LogP contribution in [0.5, 0.6) is 0 Å². The van der Waals surface area contributed by atoms with Crippen LogP contribution in [0.15, 0.2) is 36.7 Å². The van der Waals surface area contributed by atoms with Crippen LogP contribution in [0.25, 0.3) is 0 Å². The van der Waals surface area contributed by atoms with Crippen LogP contribution in [-0.2, 0) is 5.41 Å².